The zero-order valence-corrected chi connectivity index (χ0v) is 11.3. The van der Waals surface area contributed by atoms with Crippen LogP contribution in [0.15, 0.2) is 0 Å². The molecule has 0 bridgehead atoms. The molecule has 2 atom stereocenters. The molecule has 1 saturated carbocycles. The van der Waals surface area contributed by atoms with Crippen LogP contribution in [0.25, 0.3) is 0 Å². The number of rotatable bonds is 4. The Bertz CT molecular complexity index is 352. The fraction of sp³-hybridized carbons (Fsp3) is 0.909. The van der Waals surface area contributed by atoms with Crippen molar-refractivity contribution in [2.24, 2.45) is 0 Å². The number of carbonyl (C=O) groups excluding carboxylic acids is 1. The van der Waals surface area contributed by atoms with Gasteiger partial charge in [0.15, 0.2) is 9.84 Å². The molecule has 1 aliphatic rings. The Morgan fingerprint density at radius 2 is 1.94 bits per heavy atom. The molecule has 17 heavy (non-hydrogen) atoms. The summed E-state index contributed by atoms with van der Waals surface area (Å²) >= 11 is 0. The average Bonchev–Trinajstić information content (AvgIpc) is 2.53. The zero-order chi connectivity index (χ0) is 12.9. The maximum atomic E-state index is 12.1. The van der Waals surface area contributed by atoms with Crippen LogP contribution >= 0.6 is 0 Å². The van der Waals surface area contributed by atoms with Gasteiger partial charge < -0.3 is 10.1 Å². The van der Waals surface area contributed by atoms with E-state index in [1.165, 1.54) is 7.11 Å². The molecule has 6 heteroatoms. The van der Waals surface area contributed by atoms with Crippen LogP contribution in [0, 0.1) is 0 Å². The predicted molar refractivity (Wildman–Crippen MR) is 65.5 cm³/mol. The third-order valence-corrected chi connectivity index (χ3v) is 5.46. The van der Waals surface area contributed by atoms with E-state index in [9.17, 15) is 13.2 Å². The van der Waals surface area contributed by atoms with Crippen LogP contribution in [-0.2, 0) is 19.4 Å². The Morgan fingerprint density at radius 1 is 1.29 bits per heavy atom. The van der Waals surface area contributed by atoms with Crippen LogP contribution in [0.3, 0.4) is 0 Å². The van der Waals surface area contributed by atoms with Gasteiger partial charge in [-0.2, -0.15) is 0 Å². The first-order valence-corrected chi connectivity index (χ1v) is 7.68. The highest BCUT2D eigenvalue weighted by atomic mass is 32.2. The van der Waals surface area contributed by atoms with Crippen molar-refractivity contribution >= 4 is 15.8 Å². The van der Waals surface area contributed by atoms with Gasteiger partial charge in [-0.15, -0.1) is 0 Å². The van der Waals surface area contributed by atoms with Gasteiger partial charge in [0.25, 0.3) is 0 Å². The van der Waals surface area contributed by atoms with E-state index in [0.29, 0.717) is 6.42 Å². The van der Waals surface area contributed by atoms with Gasteiger partial charge in [0.1, 0.15) is 5.75 Å². The van der Waals surface area contributed by atoms with Crippen molar-refractivity contribution < 1.29 is 17.9 Å². The minimum atomic E-state index is -3.42. The lowest BCUT2D eigenvalue weighted by Crippen LogP contribution is -2.43. The molecule has 0 aliphatic heterocycles. The Hall–Kier alpha value is -0.620. The van der Waals surface area contributed by atoms with Crippen molar-refractivity contribution in [1.82, 2.24) is 5.32 Å². The Balaban J connectivity index is 2.82. The number of hydrogen-bond acceptors (Lipinski definition) is 5. The fourth-order valence-electron chi connectivity index (χ4n) is 2.36. The quantitative estimate of drug-likeness (QED) is 0.590. The monoisotopic (exact) mass is 263 g/mol. The molecule has 1 N–H and O–H groups in total. The summed E-state index contributed by atoms with van der Waals surface area (Å²) in [6.45, 7) is 0. The number of sulfone groups is 1. The van der Waals surface area contributed by atoms with Crippen LogP contribution in [0.1, 0.15) is 32.1 Å². The fourth-order valence-corrected chi connectivity index (χ4v) is 4.32. The predicted octanol–water partition coefficient (Wildman–Crippen LogP) is 0.495. The van der Waals surface area contributed by atoms with E-state index in [4.69, 9.17) is 0 Å². The van der Waals surface area contributed by atoms with Crippen molar-refractivity contribution in [2.75, 3.05) is 19.9 Å². The Labute approximate surface area is 103 Å². The highest BCUT2D eigenvalue weighted by Crippen LogP contribution is 2.24. The van der Waals surface area contributed by atoms with Crippen LogP contribution in [-0.4, -0.2) is 45.6 Å². The third-order valence-electron chi connectivity index (χ3n) is 3.33. The average molecular weight is 263 g/mol. The Morgan fingerprint density at radius 3 is 2.53 bits per heavy atom. The maximum Gasteiger partial charge on any atom is 0.320 e. The van der Waals surface area contributed by atoms with Crippen LogP contribution < -0.4 is 5.32 Å². The molecule has 2 unspecified atom stereocenters. The third kappa shape index (κ3) is 3.96. The number of esters is 1. The minimum Gasteiger partial charge on any atom is -0.468 e. The van der Waals surface area contributed by atoms with Crippen LogP contribution in [0.2, 0.25) is 0 Å². The molecule has 1 fully saturated rings. The van der Waals surface area contributed by atoms with Gasteiger partial charge in [0.2, 0.25) is 0 Å². The topological polar surface area (TPSA) is 72.5 Å². The van der Waals surface area contributed by atoms with Gasteiger partial charge in [-0.3, -0.25) is 4.79 Å². The van der Waals surface area contributed by atoms with Crippen molar-refractivity contribution in [3.63, 3.8) is 0 Å². The molecule has 0 aromatic carbocycles. The van der Waals surface area contributed by atoms with Gasteiger partial charge >= 0.3 is 5.97 Å². The lowest BCUT2D eigenvalue weighted by Gasteiger charge is -2.24. The second-order valence-electron chi connectivity index (χ2n) is 4.45. The second-order valence-corrected chi connectivity index (χ2v) is 6.67. The molecular weight excluding hydrogens is 242 g/mol. The smallest absolute Gasteiger partial charge is 0.320 e. The highest BCUT2D eigenvalue weighted by molar-refractivity contribution is 7.92. The van der Waals surface area contributed by atoms with Gasteiger partial charge in [-0.25, -0.2) is 8.42 Å². The number of nitrogens with one attached hydrogen (secondary N) is 1. The molecule has 0 radical (unpaired) electrons. The van der Waals surface area contributed by atoms with Gasteiger partial charge in [0.05, 0.1) is 12.4 Å². The van der Waals surface area contributed by atoms with Gasteiger partial charge in [-0.1, -0.05) is 19.3 Å². The van der Waals surface area contributed by atoms with Crippen molar-refractivity contribution in [2.45, 2.75) is 43.4 Å². The molecule has 1 aliphatic carbocycles. The summed E-state index contributed by atoms with van der Waals surface area (Å²) in [5.74, 6) is -1.18. The first-order valence-electron chi connectivity index (χ1n) is 5.97. The largest absolute Gasteiger partial charge is 0.468 e. The van der Waals surface area contributed by atoms with E-state index < -0.39 is 26.8 Å². The molecular formula is C11H21NO4S. The summed E-state index contributed by atoms with van der Waals surface area (Å²) in [7, 11) is -0.433. The number of carbonyl (C=O) groups is 1. The van der Waals surface area contributed by atoms with E-state index in [-0.39, 0.29) is 6.04 Å². The van der Waals surface area contributed by atoms with Gasteiger partial charge in [0, 0.05) is 6.04 Å². The van der Waals surface area contributed by atoms with Gasteiger partial charge in [-0.05, 0) is 19.9 Å². The van der Waals surface area contributed by atoms with Crippen LogP contribution in [0.4, 0.5) is 0 Å². The van der Waals surface area contributed by atoms with E-state index in [2.05, 4.69) is 10.1 Å². The normalized spacial score (nSPS) is 26.2. The summed E-state index contributed by atoms with van der Waals surface area (Å²) in [4.78, 5) is 11.1. The maximum absolute atomic E-state index is 12.1. The first kappa shape index (κ1) is 14.4. The summed E-state index contributed by atoms with van der Waals surface area (Å²) < 4.78 is 28.7. The lowest BCUT2D eigenvalue weighted by atomic mass is 10.1. The highest BCUT2D eigenvalue weighted by Gasteiger charge is 2.35. The minimum absolute atomic E-state index is 0.0489. The molecule has 0 saturated heterocycles. The number of hydrogen-bond donors (Lipinski definition) is 1. The van der Waals surface area contributed by atoms with E-state index in [0.717, 1.165) is 25.7 Å². The molecule has 0 aromatic rings. The lowest BCUT2D eigenvalue weighted by molar-refractivity contribution is -0.137. The number of methoxy groups -OCH3 is 1. The molecule has 1 rings (SSSR count). The van der Waals surface area contributed by atoms with Crippen LogP contribution in [0.5, 0.6) is 0 Å². The molecule has 0 heterocycles. The number of ether oxygens (including phenoxy) is 1. The molecule has 5 nitrogen and oxygen atoms in total. The zero-order valence-electron chi connectivity index (χ0n) is 10.4. The molecule has 100 valence electrons. The van der Waals surface area contributed by atoms with Crippen molar-refractivity contribution in [1.29, 1.82) is 0 Å². The molecule has 0 amide bonds. The first-order chi connectivity index (χ1) is 8.01. The SMILES string of the molecule is CNC1CCCCCC1S(=O)(=O)CC(=O)OC. The van der Waals surface area contributed by atoms with Crippen molar-refractivity contribution in [3.05, 3.63) is 0 Å². The summed E-state index contributed by atoms with van der Waals surface area (Å²) in [6.07, 6.45) is 4.48. The van der Waals surface area contributed by atoms with Crippen molar-refractivity contribution in [3.8, 4) is 0 Å². The summed E-state index contributed by atoms with van der Waals surface area (Å²) in [6, 6.07) is -0.0489. The summed E-state index contributed by atoms with van der Waals surface area (Å²) in [5.41, 5.74) is 0. The Kier molecular flexibility index (Phi) is 5.39. The van der Waals surface area contributed by atoms with E-state index in [1.54, 1.807) is 7.05 Å². The van der Waals surface area contributed by atoms with E-state index >= 15 is 0 Å². The molecule has 0 aromatic heterocycles. The molecule has 0 spiro atoms. The second kappa shape index (κ2) is 6.35. The summed E-state index contributed by atoms with van der Waals surface area (Å²) in [5, 5.41) is 2.60. The van der Waals surface area contributed by atoms with E-state index in [1.807, 2.05) is 0 Å². The standard InChI is InChI=1S/C11H21NO4S/c1-12-9-6-4-3-5-7-10(9)17(14,15)8-11(13)16-2/h9-10,12H,3-8H2,1-2H3.